The molecule has 5 heteroatoms. The molecule has 0 N–H and O–H groups in total. The minimum Gasteiger partial charge on any atom is -0.347 e. The fourth-order valence-corrected chi connectivity index (χ4v) is 2.86. The van der Waals surface area contributed by atoms with Gasteiger partial charge in [-0.25, -0.2) is 0 Å². The molecule has 1 aromatic carbocycles. The number of benzene rings is 1. The van der Waals surface area contributed by atoms with E-state index in [2.05, 4.69) is 17.0 Å². The minimum atomic E-state index is -0.364. The zero-order chi connectivity index (χ0) is 16.1. The van der Waals surface area contributed by atoms with E-state index >= 15 is 0 Å². The average Bonchev–Trinajstić information content (AvgIpc) is 2.52. The lowest BCUT2D eigenvalue weighted by molar-refractivity contribution is -0.146. The predicted octanol–water partition coefficient (Wildman–Crippen LogP) is 0.850. The number of hydrogen-bond donors (Lipinski definition) is 0. The fraction of sp³-hybridized carbons (Fsp3) is 0.529. The summed E-state index contributed by atoms with van der Waals surface area (Å²) < 4.78 is 0. The molecule has 2 rings (SSSR count). The summed E-state index contributed by atoms with van der Waals surface area (Å²) in [5.74, 6) is -0.0254. The summed E-state index contributed by atoms with van der Waals surface area (Å²) in [4.78, 5) is 29.6. The summed E-state index contributed by atoms with van der Waals surface area (Å²) in [5, 5.41) is 0. The highest BCUT2D eigenvalue weighted by molar-refractivity contribution is 5.87. The van der Waals surface area contributed by atoms with Gasteiger partial charge in [0.05, 0.1) is 0 Å². The Kier molecular flexibility index (Phi) is 5.55. The van der Waals surface area contributed by atoms with Crippen LogP contribution in [0.5, 0.6) is 0 Å². The molecule has 1 aliphatic rings. The van der Waals surface area contributed by atoms with Crippen LogP contribution in [0.4, 0.5) is 0 Å². The Morgan fingerprint density at radius 2 is 1.86 bits per heavy atom. The van der Waals surface area contributed by atoms with Crippen molar-refractivity contribution in [3.8, 4) is 0 Å². The number of piperazine rings is 1. The third kappa shape index (κ3) is 4.07. The SMILES string of the molecule is CC(=O)N1CCN(CCc2ccccc2)C[C@H]1C(=O)N(C)C. The van der Waals surface area contributed by atoms with Crippen molar-refractivity contribution in [1.29, 1.82) is 0 Å². The second kappa shape index (κ2) is 7.40. The maximum Gasteiger partial charge on any atom is 0.246 e. The van der Waals surface area contributed by atoms with Crippen LogP contribution in [-0.4, -0.2) is 72.8 Å². The van der Waals surface area contributed by atoms with Crippen molar-refractivity contribution in [3.63, 3.8) is 0 Å². The Bertz CT molecular complexity index is 516. The highest BCUT2D eigenvalue weighted by atomic mass is 16.2. The first-order valence-corrected chi connectivity index (χ1v) is 7.73. The van der Waals surface area contributed by atoms with Crippen LogP contribution in [0.2, 0.25) is 0 Å². The quantitative estimate of drug-likeness (QED) is 0.828. The number of nitrogens with zero attached hydrogens (tertiary/aromatic N) is 3. The summed E-state index contributed by atoms with van der Waals surface area (Å²) in [5.41, 5.74) is 1.30. The Labute approximate surface area is 132 Å². The molecule has 0 saturated carbocycles. The molecule has 1 atom stereocenters. The van der Waals surface area contributed by atoms with E-state index in [1.165, 1.54) is 12.5 Å². The number of hydrogen-bond acceptors (Lipinski definition) is 3. The van der Waals surface area contributed by atoms with E-state index in [9.17, 15) is 9.59 Å². The van der Waals surface area contributed by atoms with Gasteiger partial charge in [0.15, 0.2) is 0 Å². The molecule has 5 nitrogen and oxygen atoms in total. The molecule has 0 aliphatic carbocycles. The standard InChI is InChI=1S/C17H25N3O2/c1-14(21)20-12-11-19(13-16(20)17(22)18(2)3)10-9-15-7-5-4-6-8-15/h4-8,16H,9-13H2,1-3H3/t16-/m0/s1. The molecule has 0 radical (unpaired) electrons. The average molecular weight is 303 g/mol. The van der Waals surface area contributed by atoms with Crippen LogP contribution >= 0.6 is 0 Å². The summed E-state index contributed by atoms with van der Waals surface area (Å²) in [7, 11) is 3.48. The maximum absolute atomic E-state index is 12.3. The van der Waals surface area contributed by atoms with Crippen molar-refractivity contribution < 1.29 is 9.59 Å². The second-order valence-electron chi connectivity index (χ2n) is 6.00. The highest BCUT2D eigenvalue weighted by Gasteiger charge is 2.34. The third-order valence-electron chi connectivity index (χ3n) is 4.15. The van der Waals surface area contributed by atoms with Gasteiger partial charge in [-0.15, -0.1) is 0 Å². The van der Waals surface area contributed by atoms with E-state index in [1.807, 2.05) is 18.2 Å². The predicted molar refractivity (Wildman–Crippen MR) is 86.5 cm³/mol. The maximum atomic E-state index is 12.3. The minimum absolute atomic E-state index is 0.000360. The van der Waals surface area contributed by atoms with Crippen molar-refractivity contribution in [2.24, 2.45) is 0 Å². The van der Waals surface area contributed by atoms with E-state index in [-0.39, 0.29) is 17.9 Å². The Morgan fingerprint density at radius 1 is 1.18 bits per heavy atom. The number of carbonyl (C=O) groups excluding carboxylic acids is 2. The van der Waals surface area contributed by atoms with Gasteiger partial charge >= 0.3 is 0 Å². The van der Waals surface area contributed by atoms with E-state index in [1.54, 1.807) is 23.9 Å². The second-order valence-corrected chi connectivity index (χ2v) is 6.00. The molecule has 0 aromatic heterocycles. The van der Waals surface area contributed by atoms with Crippen LogP contribution < -0.4 is 0 Å². The molecule has 1 aromatic rings. The van der Waals surface area contributed by atoms with Gasteiger partial charge in [0.2, 0.25) is 11.8 Å². The lowest BCUT2D eigenvalue weighted by Crippen LogP contribution is -2.60. The van der Waals surface area contributed by atoms with E-state index < -0.39 is 0 Å². The Hall–Kier alpha value is -1.88. The van der Waals surface area contributed by atoms with Crippen molar-refractivity contribution in [2.45, 2.75) is 19.4 Å². The van der Waals surface area contributed by atoms with Gasteiger partial charge < -0.3 is 9.80 Å². The number of amides is 2. The number of likely N-dealkylation sites (N-methyl/N-ethyl adjacent to an activating group) is 1. The molecule has 1 heterocycles. The molecule has 0 unspecified atom stereocenters. The van der Waals surface area contributed by atoms with Gasteiger partial charge in [-0.2, -0.15) is 0 Å². The Morgan fingerprint density at radius 3 is 2.45 bits per heavy atom. The molecular weight excluding hydrogens is 278 g/mol. The van der Waals surface area contributed by atoms with Gasteiger partial charge in [0.1, 0.15) is 6.04 Å². The van der Waals surface area contributed by atoms with Crippen molar-refractivity contribution in [3.05, 3.63) is 35.9 Å². The van der Waals surface area contributed by atoms with E-state index in [4.69, 9.17) is 0 Å². The molecule has 0 bridgehead atoms. The summed E-state index contributed by atoms with van der Waals surface area (Å²) in [6.07, 6.45) is 0.962. The van der Waals surface area contributed by atoms with E-state index in [0.29, 0.717) is 13.1 Å². The molecule has 2 amide bonds. The first kappa shape index (κ1) is 16.5. The topological polar surface area (TPSA) is 43.9 Å². The monoisotopic (exact) mass is 303 g/mol. The van der Waals surface area contributed by atoms with Crippen LogP contribution in [-0.2, 0) is 16.0 Å². The van der Waals surface area contributed by atoms with Gasteiger partial charge in [-0.3, -0.25) is 14.5 Å². The summed E-state index contributed by atoms with van der Waals surface area (Å²) >= 11 is 0. The first-order chi connectivity index (χ1) is 10.5. The fourth-order valence-electron chi connectivity index (χ4n) is 2.86. The number of rotatable bonds is 4. The number of carbonyl (C=O) groups is 2. The molecule has 0 spiro atoms. The normalized spacial score (nSPS) is 19.0. The highest BCUT2D eigenvalue weighted by Crippen LogP contribution is 2.13. The van der Waals surface area contributed by atoms with Crippen LogP contribution in [0.1, 0.15) is 12.5 Å². The van der Waals surface area contributed by atoms with Crippen molar-refractivity contribution >= 4 is 11.8 Å². The molecule has 1 fully saturated rings. The molecule has 1 aliphatic heterocycles. The Balaban J connectivity index is 1.98. The zero-order valence-electron chi connectivity index (χ0n) is 13.7. The largest absolute Gasteiger partial charge is 0.347 e. The van der Waals surface area contributed by atoms with Gasteiger partial charge in [0, 0.05) is 47.2 Å². The van der Waals surface area contributed by atoms with Crippen LogP contribution in [0, 0.1) is 0 Å². The summed E-state index contributed by atoms with van der Waals surface area (Å²) in [6.45, 7) is 4.50. The van der Waals surface area contributed by atoms with E-state index in [0.717, 1.165) is 19.5 Å². The van der Waals surface area contributed by atoms with Gasteiger partial charge in [0.25, 0.3) is 0 Å². The van der Waals surface area contributed by atoms with Crippen LogP contribution in [0.3, 0.4) is 0 Å². The lowest BCUT2D eigenvalue weighted by Gasteiger charge is -2.41. The first-order valence-electron chi connectivity index (χ1n) is 7.73. The molecule has 120 valence electrons. The van der Waals surface area contributed by atoms with Crippen LogP contribution in [0.25, 0.3) is 0 Å². The molecule has 1 saturated heterocycles. The van der Waals surface area contributed by atoms with Crippen LogP contribution in [0.15, 0.2) is 30.3 Å². The summed E-state index contributed by atoms with van der Waals surface area (Å²) in [6, 6.07) is 9.98. The van der Waals surface area contributed by atoms with Gasteiger partial charge in [-0.1, -0.05) is 30.3 Å². The van der Waals surface area contributed by atoms with Crippen molar-refractivity contribution in [1.82, 2.24) is 14.7 Å². The molecular formula is C17H25N3O2. The lowest BCUT2D eigenvalue weighted by atomic mass is 10.1. The zero-order valence-corrected chi connectivity index (χ0v) is 13.7. The van der Waals surface area contributed by atoms with Crippen molar-refractivity contribution in [2.75, 3.05) is 40.3 Å². The third-order valence-corrected chi connectivity index (χ3v) is 4.15. The van der Waals surface area contributed by atoms with Gasteiger partial charge in [-0.05, 0) is 12.0 Å². The molecule has 22 heavy (non-hydrogen) atoms. The smallest absolute Gasteiger partial charge is 0.246 e.